The zero-order valence-corrected chi connectivity index (χ0v) is 8.82. The maximum atomic E-state index is 8.36. The summed E-state index contributed by atoms with van der Waals surface area (Å²) in [5.41, 5.74) is 0. The van der Waals surface area contributed by atoms with E-state index in [2.05, 4.69) is 0 Å². The molecule has 0 heterocycles. The number of rotatable bonds is 0. The molecule has 0 fully saturated rings. The van der Waals surface area contributed by atoms with Crippen LogP contribution in [0.2, 0.25) is 0 Å². The third-order valence-corrected chi connectivity index (χ3v) is 0. The van der Waals surface area contributed by atoms with E-state index in [9.17, 15) is 0 Å². The van der Waals surface area contributed by atoms with Gasteiger partial charge in [-0.15, -0.1) is 10.1 Å². The largest absolute Gasteiger partial charge is 3.00 e. The van der Waals surface area contributed by atoms with E-state index in [0.717, 1.165) is 0 Å². The van der Waals surface area contributed by atoms with Gasteiger partial charge in [0, 0.05) is 0 Å². The fraction of sp³-hybridized carbons (Fsp3) is 0. The van der Waals surface area contributed by atoms with E-state index in [1.165, 1.54) is 0 Å². The van der Waals surface area contributed by atoms with Gasteiger partial charge in [0.2, 0.25) is 0 Å². The van der Waals surface area contributed by atoms with Gasteiger partial charge in [0.15, 0.2) is 0 Å². The Morgan fingerprint density at radius 3 is 0.588 bits per heavy atom. The van der Waals surface area contributed by atoms with E-state index in [4.69, 9.17) is 61.3 Å². The van der Waals surface area contributed by atoms with Gasteiger partial charge < -0.3 is 51.2 Å². The third-order valence-electron chi connectivity index (χ3n) is 0. The standard InChI is InChI=1S/HNO3.3NO3.Ru/c4*2-1(3)4;/h(H,2,3,4);;;;/q;3*-1;+3. The van der Waals surface area contributed by atoms with Crippen LogP contribution in [0.3, 0.4) is 0 Å². The second kappa shape index (κ2) is 23.3. The molecule has 0 amide bonds. The Kier molecular flexibility index (Phi) is 40.2. The molecule has 101 valence electrons. The molecule has 16 nitrogen and oxygen atoms in total. The summed E-state index contributed by atoms with van der Waals surface area (Å²) in [4.78, 5) is 33.1. The van der Waals surface area contributed by atoms with Crippen LogP contribution in [0.25, 0.3) is 0 Å². The molecule has 17 heteroatoms. The Labute approximate surface area is 102 Å². The van der Waals surface area contributed by atoms with Crippen LogP contribution in [0.1, 0.15) is 0 Å². The molecule has 0 saturated heterocycles. The van der Waals surface area contributed by atoms with Gasteiger partial charge in [-0.25, -0.2) is 0 Å². The summed E-state index contributed by atoms with van der Waals surface area (Å²) < 4.78 is 0. The Morgan fingerprint density at radius 1 is 0.588 bits per heavy atom. The molecule has 17 heavy (non-hydrogen) atoms. The van der Waals surface area contributed by atoms with Crippen LogP contribution in [-0.4, -0.2) is 25.6 Å². The Morgan fingerprint density at radius 2 is 0.588 bits per heavy atom. The van der Waals surface area contributed by atoms with E-state index in [0.29, 0.717) is 0 Å². The smallest absolute Gasteiger partial charge is 0.356 e. The average Bonchev–Trinajstić information content (AvgIpc) is 1.76. The Bertz CT molecular complexity index is 159. The Hall–Kier alpha value is -2.58. The minimum absolute atomic E-state index is 0. The van der Waals surface area contributed by atoms with E-state index in [1.54, 1.807) is 0 Å². The molecule has 0 aromatic rings. The molecule has 0 atom stereocenters. The predicted molar refractivity (Wildman–Crippen MR) is 39.9 cm³/mol. The summed E-state index contributed by atoms with van der Waals surface area (Å²) in [6, 6.07) is 0. The van der Waals surface area contributed by atoms with Crippen molar-refractivity contribution in [2.45, 2.75) is 0 Å². The fourth-order valence-corrected chi connectivity index (χ4v) is 0. The van der Waals surface area contributed by atoms with Crippen LogP contribution >= 0.6 is 0 Å². The first-order chi connectivity index (χ1) is 6.93. The summed E-state index contributed by atoms with van der Waals surface area (Å²) >= 11 is 0. The molecule has 0 aromatic heterocycles. The van der Waals surface area contributed by atoms with Crippen molar-refractivity contribution in [3.05, 3.63) is 56.1 Å². The summed E-state index contributed by atoms with van der Waals surface area (Å²) in [6.07, 6.45) is 0. The first-order valence-electron chi connectivity index (χ1n) is 2.21. The van der Waals surface area contributed by atoms with Gasteiger partial charge in [-0.3, -0.25) is 0 Å². The maximum absolute atomic E-state index is 8.36. The van der Waals surface area contributed by atoms with Gasteiger partial charge in [0.05, 0.1) is 15.3 Å². The second-order valence-corrected chi connectivity index (χ2v) is 0.909. The van der Waals surface area contributed by atoms with Crippen LogP contribution in [0, 0.1) is 56.1 Å². The van der Waals surface area contributed by atoms with Gasteiger partial charge in [0.1, 0.15) is 0 Å². The molecule has 0 aliphatic rings. The van der Waals surface area contributed by atoms with Crippen molar-refractivity contribution in [2.24, 2.45) is 0 Å². The molecule has 0 aliphatic heterocycles. The topological polar surface area (TPSA) is 262 Å². The monoisotopic (exact) mass is 351 g/mol. The van der Waals surface area contributed by atoms with E-state index < -0.39 is 20.3 Å². The summed E-state index contributed by atoms with van der Waals surface area (Å²) in [6.45, 7) is 0. The minimum Gasteiger partial charge on any atom is -0.356 e. The third kappa shape index (κ3) is 264. The van der Waals surface area contributed by atoms with E-state index >= 15 is 0 Å². The zero-order valence-electron chi connectivity index (χ0n) is 7.08. The van der Waals surface area contributed by atoms with Crippen LogP contribution in [-0.2, 0) is 19.5 Å². The predicted octanol–water partition coefficient (Wildman–Crippen LogP) is -1.07. The van der Waals surface area contributed by atoms with E-state index in [-0.39, 0.29) is 19.5 Å². The van der Waals surface area contributed by atoms with Gasteiger partial charge in [0.25, 0.3) is 5.09 Å². The molecule has 0 saturated carbocycles. The van der Waals surface area contributed by atoms with Crippen molar-refractivity contribution in [3.63, 3.8) is 0 Å². The summed E-state index contributed by atoms with van der Waals surface area (Å²) in [5.74, 6) is 0. The maximum Gasteiger partial charge on any atom is 3.00 e. The molecule has 0 rings (SSSR count). The molecule has 0 bridgehead atoms. The van der Waals surface area contributed by atoms with Gasteiger partial charge in [-0.1, -0.05) is 0 Å². The second-order valence-electron chi connectivity index (χ2n) is 0.909. The van der Waals surface area contributed by atoms with E-state index in [1.807, 2.05) is 0 Å². The molecule has 0 unspecified atom stereocenters. The van der Waals surface area contributed by atoms with Crippen molar-refractivity contribution in [1.29, 1.82) is 0 Å². The summed E-state index contributed by atoms with van der Waals surface area (Å²) in [5, 5.41) is 57.9. The molecular formula is HN4O12Ru. The van der Waals surface area contributed by atoms with Crippen LogP contribution in [0.5, 0.6) is 0 Å². The van der Waals surface area contributed by atoms with Gasteiger partial charge in [-0.05, 0) is 0 Å². The first kappa shape index (κ1) is 29.3. The molecule has 1 radical (unpaired) electrons. The van der Waals surface area contributed by atoms with Crippen molar-refractivity contribution >= 4 is 0 Å². The molecule has 0 aromatic carbocycles. The average molecular weight is 350 g/mol. The minimum atomic E-state index is -1.75. The van der Waals surface area contributed by atoms with Crippen molar-refractivity contribution < 1.29 is 45.0 Å². The molecule has 1 N–H and O–H groups in total. The summed E-state index contributed by atoms with van der Waals surface area (Å²) in [7, 11) is 0. The van der Waals surface area contributed by atoms with Crippen LogP contribution in [0.4, 0.5) is 0 Å². The van der Waals surface area contributed by atoms with Gasteiger partial charge in [-0.2, -0.15) is 0 Å². The zero-order chi connectivity index (χ0) is 14.3. The molecular weight excluding hydrogens is 349 g/mol. The van der Waals surface area contributed by atoms with Crippen LogP contribution < -0.4 is 0 Å². The SMILES string of the molecule is O=[N+]([O-])O.O=[N+]([O-])[O-].O=[N+]([O-])[O-].O=[N+]([O-])[O-].[Ru+3]. The fourth-order valence-electron chi connectivity index (χ4n) is 0. The molecule has 0 aliphatic carbocycles. The normalized spacial score (nSPS) is 5.65. The van der Waals surface area contributed by atoms with Crippen molar-refractivity contribution in [1.82, 2.24) is 0 Å². The first-order valence-corrected chi connectivity index (χ1v) is 2.21. The van der Waals surface area contributed by atoms with Crippen molar-refractivity contribution in [2.75, 3.05) is 0 Å². The number of hydrogen-bond acceptors (Lipinski definition) is 11. The Balaban J connectivity index is -0.0000000369. The molecule has 0 spiro atoms. The van der Waals surface area contributed by atoms with Gasteiger partial charge >= 0.3 is 19.5 Å². The van der Waals surface area contributed by atoms with Crippen LogP contribution in [0.15, 0.2) is 0 Å². The number of hydrogen-bond donors (Lipinski definition) is 1. The van der Waals surface area contributed by atoms with Crippen molar-refractivity contribution in [3.8, 4) is 0 Å². The quantitative estimate of drug-likeness (QED) is 0.311. The number of nitrogens with zero attached hydrogens (tertiary/aromatic N) is 4.